The number of sulfonamides is 1. The summed E-state index contributed by atoms with van der Waals surface area (Å²) in [7, 11) is -2.39. The van der Waals surface area contributed by atoms with Crippen molar-refractivity contribution in [1.29, 1.82) is 0 Å². The molecule has 0 fully saturated rings. The molecule has 0 aliphatic rings. The SMILES string of the molecule is COc1ccc(C)cc1N(CC(=O)N(Cc1ccccc1C)[C@@H](C)C(=O)NCC(C)C)S(C)(=O)=O. The highest BCUT2D eigenvalue weighted by molar-refractivity contribution is 7.92. The van der Waals surface area contributed by atoms with E-state index < -0.39 is 28.5 Å². The number of nitrogens with one attached hydrogen (secondary N) is 1. The number of hydrogen-bond acceptors (Lipinski definition) is 5. The van der Waals surface area contributed by atoms with Crippen LogP contribution in [0.25, 0.3) is 0 Å². The van der Waals surface area contributed by atoms with Gasteiger partial charge in [0.2, 0.25) is 21.8 Å². The number of hydrogen-bond donors (Lipinski definition) is 1. The smallest absolute Gasteiger partial charge is 0.244 e. The number of amides is 2. The Balaban J connectivity index is 2.45. The molecule has 0 saturated carbocycles. The summed E-state index contributed by atoms with van der Waals surface area (Å²) in [6.07, 6.45) is 1.05. The first kappa shape index (κ1) is 28.2. The van der Waals surface area contributed by atoms with Crippen LogP contribution in [0.5, 0.6) is 5.75 Å². The van der Waals surface area contributed by atoms with Crippen LogP contribution in [-0.2, 0) is 26.2 Å². The molecule has 0 aromatic heterocycles. The van der Waals surface area contributed by atoms with Crippen molar-refractivity contribution in [3.63, 3.8) is 0 Å². The summed E-state index contributed by atoms with van der Waals surface area (Å²) in [6.45, 7) is 9.58. The van der Waals surface area contributed by atoms with E-state index in [1.165, 1.54) is 12.0 Å². The summed E-state index contributed by atoms with van der Waals surface area (Å²) in [5.74, 6) is -0.197. The van der Waals surface area contributed by atoms with Gasteiger partial charge in [0, 0.05) is 13.1 Å². The molecule has 0 saturated heterocycles. The summed E-state index contributed by atoms with van der Waals surface area (Å²) in [5, 5.41) is 2.87. The molecule has 1 atom stereocenters. The number of aryl methyl sites for hydroxylation is 2. The molecule has 192 valence electrons. The molecule has 2 aromatic rings. The van der Waals surface area contributed by atoms with Gasteiger partial charge in [-0.15, -0.1) is 0 Å². The van der Waals surface area contributed by atoms with Crippen LogP contribution in [0.3, 0.4) is 0 Å². The average molecular weight is 504 g/mol. The highest BCUT2D eigenvalue weighted by Gasteiger charge is 2.31. The van der Waals surface area contributed by atoms with Crippen molar-refractivity contribution in [3.05, 3.63) is 59.2 Å². The van der Waals surface area contributed by atoms with Crippen molar-refractivity contribution < 1.29 is 22.7 Å². The highest BCUT2D eigenvalue weighted by atomic mass is 32.2. The van der Waals surface area contributed by atoms with Crippen molar-refractivity contribution in [2.45, 2.75) is 47.2 Å². The van der Waals surface area contributed by atoms with E-state index >= 15 is 0 Å². The quantitative estimate of drug-likeness (QED) is 0.508. The third-order valence-corrected chi connectivity index (χ3v) is 6.86. The Labute approximate surface area is 209 Å². The molecule has 0 aliphatic heterocycles. The first-order valence-electron chi connectivity index (χ1n) is 11.6. The van der Waals surface area contributed by atoms with E-state index in [2.05, 4.69) is 5.32 Å². The number of methoxy groups -OCH3 is 1. The molecule has 2 aromatic carbocycles. The number of anilines is 1. The molecule has 0 aliphatic carbocycles. The molecular formula is C26H37N3O5S. The molecule has 0 unspecified atom stereocenters. The van der Waals surface area contributed by atoms with Crippen LogP contribution in [0, 0.1) is 19.8 Å². The molecule has 8 nitrogen and oxygen atoms in total. The lowest BCUT2D eigenvalue weighted by molar-refractivity contribution is -0.139. The lowest BCUT2D eigenvalue weighted by atomic mass is 10.1. The van der Waals surface area contributed by atoms with Crippen molar-refractivity contribution in [3.8, 4) is 5.75 Å². The summed E-state index contributed by atoms with van der Waals surface area (Å²) in [6, 6.07) is 11.9. The molecule has 35 heavy (non-hydrogen) atoms. The minimum atomic E-state index is -3.84. The number of carbonyl (C=O) groups excluding carboxylic acids is 2. The van der Waals surface area contributed by atoms with Crippen LogP contribution in [-0.4, -0.2) is 57.6 Å². The third-order valence-electron chi connectivity index (χ3n) is 5.74. The Morgan fingerprint density at radius 3 is 2.29 bits per heavy atom. The van der Waals surface area contributed by atoms with Gasteiger partial charge in [-0.05, 0) is 55.5 Å². The monoisotopic (exact) mass is 503 g/mol. The second kappa shape index (κ2) is 12.1. The van der Waals surface area contributed by atoms with Gasteiger partial charge in [0.1, 0.15) is 18.3 Å². The van der Waals surface area contributed by atoms with Gasteiger partial charge in [0.25, 0.3) is 0 Å². The van der Waals surface area contributed by atoms with Gasteiger partial charge in [-0.2, -0.15) is 0 Å². The van der Waals surface area contributed by atoms with E-state index in [-0.39, 0.29) is 24.1 Å². The molecule has 2 amide bonds. The van der Waals surface area contributed by atoms with E-state index in [1.807, 2.05) is 52.0 Å². The zero-order chi connectivity index (χ0) is 26.3. The minimum Gasteiger partial charge on any atom is -0.495 e. The normalized spacial score (nSPS) is 12.2. The predicted molar refractivity (Wildman–Crippen MR) is 139 cm³/mol. The van der Waals surface area contributed by atoms with E-state index in [4.69, 9.17) is 4.74 Å². The summed E-state index contributed by atoms with van der Waals surface area (Å²) < 4.78 is 32.0. The van der Waals surface area contributed by atoms with E-state index in [1.54, 1.807) is 25.1 Å². The van der Waals surface area contributed by atoms with Crippen molar-refractivity contribution >= 4 is 27.5 Å². The number of benzene rings is 2. The van der Waals surface area contributed by atoms with E-state index in [0.29, 0.717) is 12.3 Å². The first-order valence-corrected chi connectivity index (χ1v) is 13.4. The minimum absolute atomic E-state index is 0.171. The number of nitrogens with zero attached hydrogens (tertiary/aromatic N) is 2. The maximum absolute atomic E-state index is 13.7. The van der Waals surface area contributed by atoms with Crippen LogP contribution in [0.15, 0.2) is 42.5 Å². The Bertz CT molecular complexity index is 1150. The average Bonchev–Trinajstić information content (AvgIpc) is 2.79. The van der Waals surface area contributed by atoms with Crippen molar-refractivity contribution in [1.82, 2.24) is 10.2 Å². The third kappa shape index (κ3) is 7.71. The first-order chi connectivity index (χ1) is 16.3. The number of rotatable bonds is 11. The van der Waals surface area contributed by atoms with Gasteiger partial charge in [-0.25, -0.2) is 8.42 Å². The Hall–Kier alpha value is -3.07. The van der Waals surface area contributed by atoms with Gasteiger partial charge >= 0.3 is 0 Å². The summed E-state index contributed by atoms with van der Waals surface area (Å²) in [5.41, 5.74) is 2.94. The lowest BCUT2D eigenvalue weighted by Crippen LogP contribution is -2.51. The molecule has 0 bridgehead atoms. The highest BCUT2D eigenvalue weighted by Crippen LogP contribution is 2.31. The standard InChI is InChI=1S/C26H37N3O5S/c1-18(2)15-27-26(31)21(5)28(16-22-11-9-8-10-20(22)4)25(30)17-29(35(7,32)33)23-14-19(3)12-13-24(23)34-6/h8-14,18,21H,15-17H2,1-7H3,(H,27,31)/t21-/m0/s1. The fourth-order valence-corrected chi connectivity index (χ4v) is 4.44. The van der Waals surface area contributed by atoms with Gasteiger partial charge in [0.05, 0.1) is 19.1 Å². The zero-order valence-corrected chi connectivity index (χ0v) is 22.5. The van der Waals surface area contributed by atoms with Crippen molar-refractivity contribution in [2.75, 3.05) is 30.8 Å². The van der Waals surface area contributed by atoms with Gasteiger partial charge < -0.3 is 15.0 Å². The lowest BCUT2D eigenvalue weighted by Gasteiger charge is -2.32. The zero-order valence-electron chi connectivity index (χ0n) is 21.7. The van der Waals surface area contributed by atoms with Crippen LogP contribution in [0.2, 0.25) is 0 Å². The Morgan fingerprint density at radius 2 is 1.71 bits per heavy atom. The predicted octanol–water partition coefficient (Wildman–Crippen LogP) is 3.27. The molecule has 0 radical (unpaired) electrons. The molecule has 2 rings (SSSR count). The van der Waals surface area contributed by atoms with E-state index in [0.717, 1.165) is 27.3 Å². The fraction of sp³-hybridized carbons (Fsp3) is 0.462. The maximum Gasteiger partial charge on any atom is 0.244 e. The van der Waals surface area contributed by atoms with E-state index in [9.17, 15) is 18.0 Å². The van der Waals surface area contributed by atoms with Crippen molar-refractivity contribution in [2.24, 2.45) is 5.92 Å². The van der Waals surface area contributed by atoms with Crippen LogP contribution in [0.4, 0.5) is 5.69 Å². The maximum atomic E-state index is 13.7. The second-order valence-electron chi connectivity index (χ2n) is 9.21. The van der Waals surface area contributed by atoms with Crippen LogP contribution < -0.4 is 14.4 Å². The fourth-order valence-electron chi connectivity index (χ4n) is 3.60. The topological polar surface area (TPSA) is 96.0 Å². The summed E-state index contributed by atoms with van der Waals surface area (Å²) in [4.78, 5) is 28.0. The van der Waals surface area contributed by atoms with Crippen LogP contribution >= 0.6 is 0 Å². The van der Waals surface area contributed by atoms with Gasteiger partial charge in [-0.1, -0.05) is 44.2 Å². The largest absolute Gasteiger partial charge is 0.495 e. The Kier molecular flexibility index (Phi) is 9.71. The molecule has 0 spiro atoms. The Morgan fingerprint density at radius 1 is 1.06 bits per heavy atom. The van der Waals surface area contributed by atoms with Gasteiger partial charge in [-0.3, -0.25) is 13.9 Å². The van der Waals surface area contributed by atoms with Crippen LogP contribution in [0.1, 0.15) is 37.5 Å². The summed E-state index contributed by atoms with van der Waals surface area (Å²) >= 11 is 0. The number of carbonyl (C=O) groups is 2. The molecule has 9 heteroatoms. The molecule has 1 N–H and O–H groups in total. The van der Waals surface area contributed by atoms with Gasteiger partial charge in [0.15, 0.2) is 0 Å². The molecular weight excluding hydrogens is 466 g/mol. The molecule has 0 heterocycles. The second-order valence-corrected chi connectivity index (χ2v) is 11.1. The number of ether oxygens (including phenoxy) is 1.